The molecule has 2 aromatic carbocycles. The smallest absolute Gasteiger partial charge is 0.326 e. The van der Waals surface area contributed by atoms with Gasteiger partial charge < -0.3 is 14.8 Å². The molecule has 2 aromatic rings. The van der Waals surface area contributed by atoms with E-state index in [2.05, 4.69) is 5.32 Å². The van der Waals surface area contributed by atoms with Crippen LogP contribution in [0.1, 0.15) is 34.6 Å². The van der Waals surface area contributed by atoms with E-state index in [1.807, 2.05) is 6.92 Å². The highest BCUT2D eigenvalue weighted by atomic mass is 19.1. The maximum absolute atomic E-state index is 13.5. The van der Waals surface area contributed by atoms with Crippen LogP contribution in [0.3, 0.4) is 0 Å². The SMILES string of the molecule is CCOc1ccc(C(=O)[C@H](C)OC(=O)CNC(=O)c2ccccc2F)cc1. The first-order chi connectivity index (χ1) is 12.9. The fourth-order valence-corrected chi connectivity index (χ4v) is 2.30. The summed E-state index contributed by atoms with van der Waals surface area (Å²) in [7, 11) is 0. The van der Waals surface area contributed by atoms with Gasteiger partial charge >= 0.3 is 5.97 Å². The molecule has 0 fully saturated rings. The Balaban J connectivity index is 1.86. The standard InChI is InChI=1S/C20H20FNO5/c1-3-26-15-10-8-14(9-11-15)19(24)13(2)27-18(23)12-22-20(25)16-6-4-5-7-17(16)21/h4-11,13H,3,12H2,1-2H3,(H,22,25)/t13-/m0/s1. The Bertz CT molecular complexity index is 819. The van der Waals surface area contributed by atoms with E-state index in [9.17, 15) is 18.8 Å². The lowest BCUT2D eigenvalue weighted by atomic mass is 10.1. The number of halogens is 1. The monoisotopic (exact) mass is 373 g/mol. The van der Waals surface area contributed by atoms with Crippen molar-refractivity contribution in [3.63, 3.8) is 0 Å². The van der Waals surface area contributed by atoms with Crippen LogP contribution in [-0.4, -0.2) is 36.9 Å². The first kappa shape index (κ1) is 20.1. The van der Waals surface area contributed by atoms with Crippen molar-refractivity contribution in [2.75, 3.05) is 13.2 Å². The maximum atomic E-state index is 13.5. The summed E-state index contributed by atoms with van der Waals surface area (Å²) < 4.78 is 23.8. The Morgan fingerprint density at radius 2 is 1.74 bits per heavy atom. The summed E-state index contributed by atoms with van der Waals surface area (Å²) in [5.74, 6) is -1.98. The first-order valence-electron chi connectivity index (χ1n) is 8.41. The van der Waals surface area contributed by atoms with Crippen LogP contribution in [0.15, 0.2) is 48.5 Å². The van der Waals surface area contributed by atoms with E-state index in [0.29, 0.717) is 17.9 Å². The predicted molar refractivity (Wildman–Crippen MR) is 96.2 cm³/mol. The Hall–Kier alpha value is -3.22. The summed E-state index contributed by atoms with van der Waals surface area (Å²) in [6.45, 7) is 3.33. The normalized spacial score (nSPS) is 11.4. The molecule has 0 unspecified atom stereocenters. The van der Waals surface area contributed by atoms with Crippen molar-refractivity contribution in [3.8, 4) is 5.75 Å². The molecule has 0 radical (unpaired) electrons. The largest absolute Gasteiger partial charge is 0.494 e. The van der Waals surface area contributed by atoms with E-state index in [1.165, 1.54) is 25.1 Å². The molecule has 1 atom stereocenters. The zero-order valence-corrected chi connectivity index (χ0v) is 15.0. The maximum Gasteiger partial charge on any atom is 0.326 e. The van der Waals surface area contributed by atoms with E-state index >= 15 is 0 Å². The molecule has 7 heteroatoms. The first-order valence-corrected chi connectivity index (χ1v) is 8.41. The Kier molecular flexibility index (Phi) is 7.05. The minimum Gasteiger partial charge on any atom is -0.494 e. The number of benzene rings is 2. The second-order valence-corrected chi connectivity index (χ2v) is 5.62. The molecule has 1 amide bonds. The van der Waals surface area contributed by atoms with E-state index in [-0.39, 0.29) is 11.3 Å². The number of Topliss-reactive ketones (excluding diaryl/α,β-unsaturated/α-hetero) is 1. The van der Waals surface area contributed by atoms with Gasteiger partial charge in [-0.15, -0.1) is 0 Å². The molecule has 6 nitrogen and oxygen atoms in total. The van der Waals surface area contributed by atoms with Crippen molar-refractivity contribution in [2.45, 2.75) is 20.0 Å². The van der Waals surface area contributed by atoms with Gasteiger partial charge in [0.05, 0.1) is 12.2 Å². The number of esters is 1. The van der Waals surface area contributed by atoms with E-state index in [1.54, 1.807) is 24.3 Å². The number of carbonyl (C=O) groups is 3. The topological polar surface area (TPSA) is 81.7 Å². The van der Waals surface area contributed by atoms with Crippen molar-refractivity contribution in [2.24, 2.45) is 0 Å². The zero-order valence-electron chi connectivity index (χ0n) is 15.0. The minimum absolute atomic E-state index is 0.177. The van der Waals surface area contributed by atoms with Gasteiger partial charge in [0.1, 0.15) is 18.1 Å². The summed E-state index contributed by atoms with van der Waals surface area (Å²) in [5.41, 5.74) is 0.193. The molecule has 0 spiro atoms. The number of carbonyl (C=O) groups excluding carboxylic acids is 3. The lowest BCUT2D eigenvalue weighted by Crippen LogP contribution is -2.34. The third-order valence-electron chi connectivity index (χ3n) is 3.64. The summed E-state index contributed by atoms with van der Waals surface area (Å²) in [6.07, 6.45) is -1.03. The molecule has 2 rings (SSSR count). The van der Waals surface area contributed by atoms with Gasteiger partial charge in [-0.3, -0.25) is 14.4 Å². The van der Waals surface area contributed by atoms with Crippen LogP contribution in [0.2, 0.25) is 0 Å². The Labute approximate surface area is 156 Å². The quantitative estimate of drug-likeness (QED) is 0.568. The highest BCUT2D eigenvalue weighted by Gasteiger charge is 2.20. The molecule has 0 saturated heterocycles. The molecule has 27 heavy (non-hydrogen) atoms. The molecule has 0 aromatic heterocycles. The van der Waals surface area contributed by atoms with Crippen LogP contribution in [-0.2, 0) is 9.53 Å². The van der Waals surface area contributed by atoms with Gasteiger partial charge in [0.15, 0.2) is 6.10 Å². The van der Waals surface area contributed by atoms with Gasteiger partial charge in [-0.05, 0) is 50.2 Å². The van der Waals surface area contributed by atoms with Crippen LogP contribution in [0, 0.1) is 5.82 Å². The minimum atomic E-state index is -1.03. The molecule has 0 bridgehead atoms. The van der Waals surface area contributed by atoms with Gasteiger partial charge in [-0.2, -0.15) is 0 Å². The average molecular weight is 373 g/mol. The van der Waals surface area contributed by atoms with E-state index < -0.39 is 30.3 Å². The lowest BCUT2D eigenvalue weighted by Gasteiger charge is -2.13. The summed E-state index contributed by atoms with van der Waals surface area (Å²) >= 11 is 0. The number of rotatable bonds is 8. The number of nitrogens with one attached hydrogen (secondary N) is 1. The fourth-order valence-electron chi connectivity index (χ4n) is 2.30. The highest BCUT2D eigenvalue weighted by Crippen LogP contribution is 2.14. The molecule has 1 N–H and O–H groups in total. The third kappa shape index (κ3) is 5.64. The second-order valence-electron chi connectivity index (χ2n) is 5.62. The Morgan fingerprint density at radius 3 is 2.37 bits per heavy atom. The van der Waals surface area contributed by atoms with Crippen molar-refractivity contribution >= 4 is 17.7 Å². The molecular formula is C20H20FNO5. The van der Waals surface area contributed by atoms with Gasteiger partial charge in [-0.1, -0.05) is 12.1 Å². The number of amides is 1. The number of hydrogen-bond donors (Lipinski definition) is 1. The molecule has 0 aliphatic heterocycles. The van der Waals surface area contributed by atoms with Crippen molar-refractivity contribution in [1.82, 2.24) is 5.32 Å². The number of hydrogen-bond acceptors (Lipinski definition) is 5. The average Bonchev–Trinajstić information content (AvgIpc) is 2.66. The van der Waals surface area contributed by atoms with Crippen LogP contribution < -0.4 is 10.1 Å². The van der Waals surface area contributed by atoms with E-state index in [4.69, 9.17) is 9.47 Å². The van der Waals surface area contributed by atoms with Crippen molar-refractivity contribution in [3.05, 3.63) is 65.5 Å². The summed E-state index contributed by atoms with van der Waals surface area (Å²) in [4.78, 5) is 36.0. The molecule has 0 heterocycles. The molecule has 142 valence electrons. The van der Waals surface area contributed by atoms with Gasteiger partial charge in [0.2, 0.25) is 5.78 Å². The molecule has 0 aliphatic carbocycles. The zero-order chi connectivity index (χ0) is 19.8. The highest BCUT2D eigenvalue weighted by molar-refractivity contribution is 6.00. The lowest BCUT2D eigenvalue weighted by molar-refractivity contribution is -0.145. The van der Waals surface area contributed by atoms with Crippen molar-refractivity contribution < 1.29 is 28.2 Å². The van der Waals surface area contributed by atoms with Crippen LogP contribution in [0.4, 0.5) is 4.39 Å². The van der Waals surface area contributed by atoms with Gasteiger partial charge in [-0.25, -0.2) is 4.39 Å². The number of ketones is 1. The molecule has 0 saturated carbocycles. The summed E-state index contributed by atoms with van der Waals surface area (Å²) in [5, 5.41) is 2.26. The van der Waals surface area contributed by atoms with Gasteiger partial charge in [0.25, 0.3) is 5.91 Å². The Morgan fingerprint density at radius 1 is 1.07 bits per heavy atom. The van der Waals surface area contributed by atoms with Crippen molar-refractivity contribution in [1.29, 1.82) is 0 Å². The third-order valence-corrected chi connectivity index (χ3v) is 3.64. The predicted octanol–water partition coefficient (Wildman–Crippen LogP) is 2.77. The fraction of sp³-hybridized carbons (Fsp3) is 0.250. The van der Waals surface area contributed by atoms with Gasteiger partial charge in [0, 0.05) is 5.56 Å². The summed E-state index contributed by atoms with van der Waals surface area (Å²) in [6, 6.07) is 11.9. The molecule has 0 aliphatic rings. The van der Waals surface area contributed by atoms with Crippen LogP contribution >= 0.6 is 0 Å². The van der Waals surface area contributed by atoms with Crippen LogP contribution in [0.5, 0.6) is 5.75 Å². The second kappa shape index (κ2) is 9.47. The molecular weight excluding hydrogens is 353 g/mol. The number of ether oxygens (including phenoxy) is 2. The van der Waals surface area contributed by atoms with Crippen LogP contribution in [0.25, 0.3) is 0 Å². The van der Waals surface area contributed by atoms with E-state index in [0.717, 1.165) is 6.07 Å².